The minimum absolute atomic E-state index is 0.143. The van der Waals surface area contributed by atoms with Gasteiger partial charge < -0.3 is 16.8 Å². The molecular weight excluding hydrogens is 240 g/mol. The van der Waals surface area contributed by atoms with Crippen LogP contribution in [0.15, 0.2) is 6.07 Å². The Labute approximate surface area is 112 Å². The van der Waals surface area contributed by atoms with Crippen LogP contribution in [0.1, 0.15) is 47.3 Å². The minimum atomic E-state index is -0.426. The van der Waals surface area contributed by atoms with Gasteiger partial charge in [-0.2, -0.15) is 0 Å². The first-order chi connectivity index (χ1) is 9.07. The Hall–Kier alpha value is -1.62. The number of rotatable bonds is 4. The average molecular weight is 260 g/mol. The number of pyridine rings is 1. The molecule has 2 aliphatic rings. The quantitative estimate of drug-likeness (QED) is 0.751. The Morgan fingerprint density at radius 2 is 2.16 bits per heavy atom. The molecule has 1 saturated carbocycles. The standard InChI is InChI=1S/C14H20N4O/c15-12(19)10-7-9-3-1-4-11(9)18-13(10)17-8-14(16)5-2-6-14/h7H,1-6,8,16H2,(H2,15,19)(H,17,18). The van der Waals surface area contributed by atoms with E-state index < -0.39 is 5.91 Å². The predicted molar refractivity (Wildman–Crippen MR) is 74.0 cm³/mol. The Morgan fingerprint density at radius 3 is 2.79 bits per heavy atom. The topological polar surface area (TPSA) is 94.0 Å². The fraction of sp³-hybridized carbons (Fsp3) is 0.571. The van der Waals surface area contributed by atoms with Gasteiger partial charge in [0.25, 0.3) is 5.91 Å². The smallest absolute Gasteiger partial charge is 0.252 e. The zero-order valence-electron chi connectivity index (χ0n) is 11.0. The summed E-state index contributed by atoms with van der Waals surface area (Å²) in [4.78, 5) is 16.1. The van der Waals surface area contributed by atoms with Crippen LogP contribution in [0.2, 0.25) is 0 Å². The first-order valence-electron chi connectivity index (χ1n) is 6.93. The number of nitrogens with two attached hydrogens (primary N) is 2. The molecule has 0 bridgehead atoms. The van der Waals surface area contributed by atoms with Crippen LogP contribution in [0, 0.1) is 0 Å². The van der Waals surface area contributed by atoms with E-state index in [-0.39, 0.29) is 5.54 Å². The van der Waals surface area contributed by atoms with Crippen LogP contribution in [-0.4, -0.2) is 23.0 Å². The van der Waals surface area contributed by atoms with E-state index in [1.165, 1.54) is 6.42 Å². The lowest BCUT2D eigenvalue weighted by molar-refractivity contribution is 0.100. The second-order valence-electron chi connectivity index (χ2n) is 5.78. The second kappa shape index (κ2) is 4.49. The van der Waals surface area contributed by atoms with Crippen LogP contribution in [0.3, 0.4) is 0 Å². The molecule has 0 spiro atoms. The van der Waals surface area contributed by atoms with Gasteiger partial charge in [-0.15, -0.1) is 0 Å². The summed E-state index contributed by atoms with van der Waals surface area (Å²) in [6.07, 6.45) is 6.30. The number of nitrogens with one attached hydrogen (secondary N) is 1. The van der Waals surface area contributed by atoms with Gasteiger partial charge in [0.1, 0.15) is 5.82 Å². The summed E-state index contributed by atoms with van der Waals surface area (Å²) in [6, 6.07) is 1.89. The molecule has 0 aromatic carbocycles. The van der Waals surface area contributed by atoms with Gasteiger partial charge in [-0.3, -0.25) is 4.79 Å². The molecule has 102 valence electrons. The van der Waals surface area contributed by atoms with E-state index in [0.717, 1.165) is 43.4 Å². The molecule has 1 aromatic heterocycles. The van der Waals surface area contributed by atoms with Gasteiger partial charge in [-0.1, -0.05) is 0 Å². The second-order valence-corrected chi connectivity index (χ2v) is 5.78. The highest BCUT2D eigenvalue weighted by atomic mass is 16.1. The number of carbonyl (C=O) groups is 1. The molecule has 1 heterocycles. The number of anilines is 1. The number of aryl methyl sites for hydroxylation is 2. The zero-order valence-corrected chi connectivity index (χ0v) is 11.0. The average Bonchev–Trinajstić information content (AvgIpc) is 2.79. The largest absolute Gasteiger partial charge is 0.368 e. The van der Waals surface area contributed by atoms with Gasteiger partial charge in [-0.05, 0) is 50.2 Å². The van der Waals surface area contributed by atoms with E-state index in [4.69, 9.17) is 11.5 Å². The van der Waals surface area contributed by atoms with E-state index >= 15 is 0 Å². The molecule has 5 N–H and O–H groups in total. The van der Waals surface area contributed by atoms with E-state index in [1.54, 1.807) is 0 Å². The summed E-state index contributed by atoms with van der Waals surface area (Å²) in [6.45, 7) is 0.652. The lowest BCUT2D eigenvalue weighted by Gasteiger charge is -2.38. The fourth-order valence-corrected chi connectivity index (χ4v) is 2.86. The summed E-state index contributed by atoms with van der Waals surface area (Å²) < 4.78 is 0. The van der Waals surface area contributed by atoms with Gasteiger partial charge >= 0.3 is 0 Å². The maximum absolute atomic E-state index is 11.5. The summed E-state index contributed by atoms with van der Waals surface area (Å²) in [7, 11) is 0. The number of fused-ring (bicyclic) bond motifs is 1. The highest BCUT2D eigenvalue weighted by Gasteiger charge is 2.32. The number of amides is 1. The molecule has 0 atom stereocenters. The van der Waals surface area contributed by atoms with Crippen molar-refractivity contribution < 1.29 is 4.79 Å². The van der Waals surface area contributed by atoms with Crippen molar-refractivity contribution in [3.05, 3.63) is 22.9 Å². The van der Waals surface area contributed by atoms with Crippen molar-refractivity contribution in [3.63, 3.8) is 0 Å². The lowest BCUT2D eigenvalue weighted by Crippen LogP contribution is -2.52. The molecule has 3 rings (SSSR count). The molecule has 1 amide bonds. The molecule has 1 fully saturated rings. The van der Waals surface area contributed by atoms with Crippen LogP contribution in [0.4, 0.5) is 5.82 Å². The van der Waals surface area contributed by atoms with E-state index in [1.807, 2.05) is 6.07 Å². The molecule has 2 aliphatic carbocycles. The Bertz CT molecular complexity index is 522. The minimum Gasteiger partial charge on any atom is -0.368 e. The summed E-state index contributed by atoms with van der Waals surface area (Å²) in [5.41, 5.74) is 14.2. The van der Waals surface area contributed by atoms with Crippen molar-refractivity contribution in [1.29, 1.82) is 0 Å². The maximum Gasteiger partial charge on any atom is 0.252 e. The number of primary amides is 1. The van der Waals surface area contributed by atoms with Crippen LogP contribution in [0.5, 0.6) is 0 Å². The van der Waals surface area contributed by atoms with Crippen LogP contribution in [0.25, 0.3) is 0 Å². The van der Waals surface area contributed by atoms with E-state index in [9.17, 15) is 4.79 Å². The van der Waals surface area contributed by atoms with Crippen molar-refractivity contribution in [2.75, 3.05) is 11.9 Å². The third-order valence-electron chi connectivity index (χ3n) is 4.27. The number of hydrogen-bond acceptors (Lipinski definition) is 4. The molecule has 0 aliphatic heterocycles. The molecule has 0 saturated heterocycles. The van der Waals surface area contributed by atoms with Crippen molar-refractivity contribution >= 4 is 11.7 Å². The Morgan fingerprint density at radius 1 is 1.37 bits per heavy atom. The third-order valence-corrected chi connectivity index (χ3v) is 4.27. The highest BCUT2D eigenvalue weighted by molar-refractivity contribution is 5.97. The lowest BCUT2D eigenvalue weighted by atomic mass is 9.78. The van der Waals surface area contributed by atoms with Crippen molar-refractivity contribution in [1.82, 2.24) is 4.98 Å². The normalized spacial score (nSPS) is 19.6. The summed E-state index contributed by atoms with van der Waals surface area (Å²) in [5.74, 6) is 0.175. The Balaban J connectivity index is 1.84. The van der Waals surface area contributed by atoms with Crippen LogP contribution in [-0.2, 0) is 12.8 Å². The number of carbonyl (C=O) groups excluding carboxylic acids is 1. The number of hydrogen-bond donors (Lipinski definition) is 3. The third kappa shape index (κ3) is 2.30. The summed E-state index contributed by atoms with van der Waals surface area (Å²) in [5, 5.41) is 3.23. The van der Waals surface area contributed by atoms with Gasteiger partial charge in [0.2, 0.25) is 0 Å². The maximum atomic E-state index is 11.5. The van der Waals surface area contributed by atoms with Crippen molar-refractivity contribution in [2.24, 2.45) is 11.5 Å². The SMILES string of the molecule is NC(=O)c1cc2c(nc1NCC1(N)CCC1)CCC2. The fourth-order valence-electron chi connectivity index (χ4n) is 2.86. The van der Waals surface area contributed by atoms with Crippen molar-refractivity contribution in [2.45, 2.75) is 44.1 Å². The molecule has 1 aromatic rings. The molecule has 19 heavy (non-hydrogen) atoms. The van der Waals surface area contributed by atoms with Gasteiger partial charge in [0, 0.05) is 17.8 Å². The van der Waals surface area contributed by atoms with Crippen LogP contribution < -0.4 is 16.8 Å². The summed E-state index contributed by atoms with van der Waals surface area (Å²) >= 11 is 0. The highest BCUT2D eigenvalue weighted by Crippen LogP contribution is 2.30. The van der Waals surface area contributed by atoms with Crippen molar-refractivity contribution in [3.8, 4) is 0 Å². The van der Waals surface area contributed by atoms with Gasteiger partial charge in [0.05, 0.1) is 5.56 Å². The number of nitrogens with zero attached hydrogens (tertiary/aromatic N) is 1. The first-order valence-corrected chi connectivity index (χ1v) is 6.93. The van der Waals surface area contributed by atoms with E-state index in [0.29, 0.717) is 17.9 Å². The van der Waals surface area contributed by atoms with Gasteiger partial charge in [-0.25, -0.2) is 4.98 Å². The molecular formula is C14H20N4O. The molecule has 5 heteroatoms. The Kier molecular flexibility index (Phi) is 2.93. The zero-order chi connectivity index (χ0) is 13.5. The molecule has 0 radical (unpaired) electrons. The van der Waals surface area contributed by atoms with Gasteiger partial charge in [0.15, 0.2) is 0 Å². The molecule has 0 unspecified atom stereocenters. The molecule has 5 nitrogen and oxygen atoms in total. The first kappa shape index (κ1) is 12.4. The van der Waals surface area contributed by atoms with Crippen LogP contribution >= 0.6 is 0 Å². The monoisotopic (exact) mass is 260 g/mol. The number of aromatic nitrogens is 1. The van der Waals surface area contributed by atoms with E-state index in [2.05, 4.69) is 10.3 Å². The predicted octanol–water partition coefficient (Wildman–Crippen LogP) is 0.962.